The highest BCUT2D eigenvalue weighted by molar-refractivity contribution is 7.25. The summed E-state index contributed by atoms with van der Waals surface area (Å²) >= 11 is 1.83. The summed E-state index contributed by atoms with van der Waals surface area (Å²) in [4.78, 5) is 15.8. The first-order valence-electron chi connectivity index (χ1n) is 17.6. The predicted molar refractivity (Wildman–Crippen MR) is 215 cm³/mol. The Hall–Kier alpha value is -6.43. The van der Waals surface area contributed by atoms with Gasteiger partial charge in [0.1, 0.15) is 11.9 Å². The second-order valence-electron chi connectivity index (χ2n) is 13.5. The van der Waals surface area contributed by atoms with Crippen molar-refractivity contribution in [1.29, 1.82) is 0 Å². The molecule has 0 amide bonds. The van der Waals surface area contributed by atoms with E-state index in [1.54, 1.807) is 0 Å². The fraction of sp³-hybridized carbons (Fsp3) is 0.0426. The lowest BCUT2D eigenvalue weighted by Gasteiger charge is -2.26. The Morgan fingerprint density at radius 3 is 2.10 bits per heavy atom. The van der Waals surface area contributed by atoms with Crippen molar-refractivity contribution in [3.63, 3.8) is 0 Å². The third-order valence-corrected chi connectivity index (χ3v) is 11.7. The summed E-state index contributed by atoms with van der Waals surface area (Å²) in [6.07, 6.45) is 4.24. The molecule has 5 heteroatoms. The van der Waals surface area contributed by atoms with Gasteiger partial charge in [-0.15, -0.1) is 11.3 Å². The van der Waals surface area contributed by atoms with Crippen LogP contribution >= 0.6 is 11.3 Å². The topological polar surface area (TPSA) is 47.9 Å². The molecule has 0 saturated heterocycles. The average molecular weight is 684 g/mol. The first-order chi connectivity index (χ1) is 25.7. The number of hydrogen-bond donors (Lipinski definition) is 0. The maximum atomic E-state index is 6.58. The van der Waals surface area contributed by atoms with E-state index in [2.05, 4.69) is 140 Å². The van der Waals surface area contributed by atoms with E-state index >= 15 is 0 Å². The zero-order valence-electron chi connectivity index (χ0n) is 27.9. The predicted octanol–water partition coefficient (Wildman–Crippen LogP) is 11.9. The molecule has 244 valence electrons. The van der Waals surface area contributed by atoms with E-state index in [-0.39, 0.29) is 12.0 Å². The van der Waals surface area contributed by atoms with Gasteiger partial charge in [-0.1, -0.05) is 127 Å². The Labute approximate surface area is 304 Å². The van der Waals surface area contributed by atoms with E-state index < -0.39 is 0 Å². The number of aromatic nitrogens is 3. The molecule has 3 heterocycles. The number of thiophene rings is 1. The van der Waals surface area contributed by atoms with Crippen LogP contribution in [0, 0.1) is 0 Å². The number of ether oxygens (including phenoxy) is 1. The van der Waals surface area contributed by atoms with Crippen LogP contribution in [0.25, 0.3) is 75.6 Å². The molecule has 7 aromatic carbocycles. The lowest BCUT2D eigenvalue weighted by atomic mass is 9.79. The number of rotatable bonds is 4. The molecule has 2 aliphatic rings. The van der Waals surface area contributed by atoms with Crippen LogP contribution in [0.5, 0.6) is 5.75 Å². The van der Waals surface area contributed by atoms with Crippen molar-refractivity contribution in [2.75, 3.05) is 0 Å². The van der Waals surface area contributed by atoms with Crippen molar-refractivity contribution in [2.45, 2.75) is 12.0 Å². The smallest absolute Gasteiger partial charge is 0.164 e. The highest BCUT2D eigenvalue weighted by atomic mass is 32.1. The Kier molecular flexibility index (Phi) is 6.51. The Morgan fingerprint density at radius 2 is 1.17 bits per heavy atom. The summed E-state index contributed by atoms with van der Waals surface area (Å²) in [7, 11) is 0. The Morgan fingerprint density at radius 1 is 0.481 bits per heavy atom. The van der Waals surface area contributed by atoms with E-state index in [1.807, 2.05) is 35.6 Å². The minimum Gasteiger partial charge on any atom is -0.485 e. The molecule has 0 spiro atoms. The summed E-state index contributed by atoms with van der Waals surface area (Å²) in [6, 6.07) is 53.6. The van der Waals surface area contributed by atoms with Gasteiger partial charge in [-0.3, -0.25) is 0 Å². The van der Waals surface area contributed by atoms with Gasteiger partial charge >= 0.3 is 0 Å². The molecule has 2 aromatic heterocycles. The summed E-state index contributed by atoms with van der Waals surface area (Å²) in [5, 5.41) is 7.35. The first kappa shape index (κ1) is 29.3. The van der Waals surface area contributed by atoms with Crippen LogP contribution in [0.4, 0.5) is 0 Å². The molecule has 1 aliphatic heterocycles. The van der Waals surface area contributed by atoms with E-state index in [1.165, 1.54) is 36.3 Å². The number of para-hydroxylation sites is 1. The molecular formula is C47H29N3OS. The van der Waals surface area contributed by atoms with E-state index in [0.29, 0.717) is 17.5 Å². The van der Waals surface area contributed by atoms with Crippen molar-refractivity contribution in [2.24, 2.45) is 0 Å². The molecule has 0 N–H and O–H groups in total. The zero-order valence-corrected chi connectivity index (χ0v) is 28.7. The molecular weight excluding hydrogens is 655 g/mol. The Bertz CT molecular complexity index is 2960. The molecule has 2 atom stereocenters. The van der Waals surface area contributed by atoms with Crippen LogP contribution in [-0.4, -0.2) is 21.1 Å². The van der Waals surface area contributed by atoms with Crippen LogP contribution in [-0.2, 0) is 0 Å². The van der Waals surface area contributed by atoms with E-state index in [9.17, 15) is 0 Å². The summed E-state index contributed by atoms with van der Waals surface area (Å²) < 4.78 is 9.15. The van der Waals surface area contributed by atoms with E-state index in [4.69, 9.17) is 19.7 Å². The highest BCUT2D eigenvalue weighted by Crippen LogP contribution is 2.51. The fourth-order valence-electron chi connectivity index (χ4n) is 8.05. The maximum absolute atomic E-state index is 6.58. The molecule has 2 unspecified atom stereocenters. The minimum atomic E-state index is -0.170. The van der Waals surface area contributed by atoms with Crippen molar-refractivity contribution < 1.29 is 4.74 Å². The third kappa shape index (κ3) is 4.63. The number of allylic oxidation sites excluding steroid dienone is 2. The normalized spacial score (nSPS) is 16.5. The first-order valence-corrected chi connectivity index (χ1v) is 18.4. The van der Waals surface area contributed by atoms with Gasteiger partial charge in [0, 0.05) is 42.4 Å². The van der Waals surface area contributed by atoms with Crippen LogP contribution in [0.3, 0.4) is 0 Å². The SMILES string of the molecule is C1=CC2Oc3ccccc3C2C(c2nc(-c3ccccc3)nc(-c3ccc4c(ccc5ccccc54)c3)n2)=C1c1ccc2sc3ccccc3c2c1. The van der Waals surface area contributed by atoms with Crippen LogP contribution < -0.4 is 4.74 Å². The van der Waals surface area contributed by atoms with Gasteiger partial charge in [0.15, 0.2) is 17.5 Å². The van der Waals surface area contributed by atoms with Gasteiger partial charge < -0.3 is 4.74 Å². The quantitative estimate of drug-likeness (QED) is 0.173. The molecule has 11 rings (SSSR count). The van der Waals surface area contributed by atoms with Gasteiger partial charge in [-0.05, 0) is 69.1 Å². The van der Waals surface area contributed by atoms with Gasteiger partial charge in [-0.25, -0.2) is 15.0 Å². The second kappa shape index (κ2) is 11.6. The zero-order chi connectivity index (χ0) is 34.2. The highest BCUT2D eigenvalue weighted by Gasteiger charge is 2.40. The summed E-state index contributed by atoms with van der Waals surface area (Å²) in [5.74, 6) is 2.76. The molecule has 1 aliphatic carbocycles. The van der Waals surface area contributed by atoms with Crippen molar-refractivity contribution in [3.8, 4) is 28.5 Å². The number of hydrogen-bond acceptors (Lipinski definition) is 5. The minimum absolute atomic E-state index is 0.0899. The second-order valence-corrected chi connectivity index (χ2v) is 14.6. The van der Waals surface area contributed by atoms with Gasteiger partial charge in [0.05, 0.1) is 5.92 Å². The fourth-order valence-corrected chi connectivity index (χ4v) is 9.14. The molecule has 52 heavy (non-hydrogen) atoms. The van der Waals surface area contributed by atoms with Gasteiger partial charge in [0.2, 0.25) is 0 Å². The van der Waals surface area contributed by atoms with E-state index in [0.717, 1.165) is 44.5 Å². The number of fused-ring (bicyclic) bond motifs is 9. The third-order valence-electron chi connectivity index (χ3n) is 10.5. The van der Waals surface area contributed by atoms with Crippen LogP contribution in [0.2, 0.25) is 0 Å². The molecule has 4 nitrogen and oxygen atoms in total. The van der Waals surface area contributed by atoms with Crippen molar-refractivity contribution in [1.82, 2.24) is 15.0 Å². The standard InChI is InChI=1S/C47H29N3OS/c1-2-11-29(12-3-1)45-48-46(32-20-22-34-30(26-32)19-18-28-10-4-5-13-33(28)34)50-47(49-45)44-35(23-24-40-43(44)37-15-6-8-16-39(37)51-40)31-21-25-42-38(27-31)36-14-7-9-17-41(36)52-42/h1-27,40,43H. The molecule has 0 bridgehead atoms. The maximum Gasteiger partial charge on any atom is 0.164 e. The number of nitrogens with zero attached hydrogens (tertiary/aromatic N) is 3. The van der Waals surface area contributed by atoms with Gasteiger partial charge in [-0.2, -0.15) is 0 Å². The average Bonchev–Trinajstić information content (AvgIpc) is 3.78. The van der Waals surface area contributed by atoms with Gasteiger partial charge in [0.25, 0.3) is 0 Å². The summed E-state index contributed by atoms with van der Waals surface area (Å²) in [5.41, 5.74) is 6.31. The van der Waals surface area contributed by atoms with Crippen molar-refractivity contribution >= 4 is 64.2 Å². The largest absolute Gasteiger partial charge is 0.485 e. The van der Waals surface area contributed by atoms with Crippen LogP contribution in [0.15, 0.2) is 164 Å². The van der Waals surface area contributed by atoms with Crippen LogP contribution in [0.1, 0.15) is 22.9 Å². The molecule has 0 saturated carbocycles. The molecule has 9 aromatic rings. The van der Waals surface area contributed by atoms with Crippen molar-refractivity contribution in [3.05, 3.63) is 181 Å². The molecule has 0 fully saturated rings. The monoisotopic (exact) mass is 683 g/mol. The number of benzene rings is 7. The lowest BCUT2D eigenvalue weighted by Crippen LogP contribution is -2.22. The lowest BCUT2D eigenvalue weighted by molar-refractivity contribution is 0.271. The summed E-state index contributed by atoms with van der Waals surface area (Å²) in [6.45, 7) is 0. The Balaban J connectivity index is 1.17. The molecule has 0 radical (unpaired) electrons.